The number of fused-ring (bicyclic) bond motifs is 3. The Labute approximate surface area is 113 Å². The topological polar surface area (TPSA) is 45.5 Å². The number of rotatable bonds is 3. The highest BCUT2D eigenvalue weighted by molar-refractivity contribution is 5.52. The van der Waals surface area contributed by atoms with Crippen molar-refractivity contribution in [2.45, 2.75) is 18.9 Å². The van der Waals surface area contributed by atoms with Crippen molar-refractivity contribution >= 4 is 0 Å². The van der Waals surface area contributed by atoms with Gasteiger partial charge in [0.2, 0.25) is 0 Å². The molecule has 3 saturated heterocycles. The summed E-state index contributed by atoms with van der Waals surface area (Å²) in [6.07, 6.45) is 2.58. The maximum Gasteiger partial charge on any atom is 0.179 e. The fourth-order valence-electron chi connectivity index (χ4n) is 3.08. The van der Waals surface area contributed by atoms with E-state index < -0.39 is 0 Å². The Morgan fingerprint density at radius 1 is 1.32 bits per heavy atom. The summed E-state index contributed by atoms with van der Waals surface area (Å²) in [5.74, 6) is 1.86. The number of hydrogen-bond donors (Lipinski definition) is 0. The second kappa shape index (κ2) is 5.10. The third-order valence-corrected chi connectivity index (χ3v) is 4.18. The van der Waals surface area contributed by atoms with E-state index in [1.807, 2.05) is 12.1 Å². The summed E-state index contributed by atoms with van der Waals surface area (Å²) in [5.41, 5.74) is 0.552. The molecule has 4 nitrogen and oxygen atoms in total. The molecule has 0 spiro atoms. The van der Waals surface area contributed by atoms with Crippen LogP contribution < -0.4 is 9.47 Å². The third-order valence-electron chi connectivity index (χ3n) is 4.18. The maximum absolute atomic E-state index is 9.20. The molecule has 0 saturated carbocycles. The van der Waals surface area contributed by atoms with E-state index in [-0.39, 0.29) is 6.10 Å². The van der Waals surface area contributed by atoms with Crippen LogP contribution in [-0.4, -0.2) is 37.7 Å². The highest BCUT2D eigenvalue weighted by Gasteiger charge is 2.36. The van der Waals surface area contributed by atoms with Crippen molar-refractivity contribution in [1.82, 2.24) is 4.90 Å². The van der Waals surface area contributed by atoms with Crippen LogP contribution in [0.25, 0.3) is 0 Å². The summed E-state index contributed by atoms with van der Waals surface area (Å²) in [6.45, 7) is 3.33. The van der Waals surface area contributed by atoms with E-state index in [1.165, 1.54) is 25.9 Å². The lowest BCUT2D eigenvalue weighted by molar-refractivity contribution is -0.00897. The van der Waals surface area contributed by atoms with Crippen molar-refractivity contribution in [3.8, 4) is 17.6 Å². The lowest BCUT2D eigenvalue weighted by Gasteiger charge is -2.44. The van der Waals surface area contributed by atoms with Gasteiger partial charge in [0.15, 0.2) is 11.5 Å². The third kappa shape index (κ3) is 2.26. The zero-order valence-electron chi connectivity index (χ0n) is 11.1. The first-order chi connectivity index (χ1) is 9.31. The summed E-state index contributed by atoms with van der Waals surface area (Å²) >= 11 is 0. The molecule has 1 atom stereocenters. The van der Waals surface area contributed by atoms with E-state index in [1.54, 1.807) is 13.2 Å². The molecule has 4 heteroatoms. The van der Waals surface area contributed by atoms with E-state index in [4.69, 9.17) is 9.47 Å². The monoisotopic (exact) mass is 258 g/mol. The van der Waals surface area contributed by atoms with E-state index in [9.17, 15) is 5.26 Å². The van der Waals surface area contributed by atoms with Gasteiger partial charge in [0.25, 0.3) is 0 Å². The first-order valence-electron chi connectivity index (χ1n) is 6.78. The SMILES string of the molecule is COc1cccc(C#N)c1OC1CN2CCC1CC2. The summed E-state index contributed by atoms with van der Waals surface area (Å²) in [7, 11) is 1.61. The molecule has 0 aromatic heterocycles. The Balaban J connectivity index is 1.85. The molecule has 2 bridgehead atoms. The van der Waals surface area contributed by atoms with Gasteiger partial charge in [0.05, 0.1) is 12.7 Å². The highest BCUT2D eigenvalue weighted by Crippen LogP contribution is 2.36. The molecule has 1 unspecified atom stereocenters. The number of piperidine rings is 3. The van der Waals surface area contributed by atoms with Crippen LogP contribution in [0.5, 0.6) is 11.5 Å². The zero-order chi connectivity index (χ0) is 13.2. The predicted molar refractivity (Wildman–Crippen MR) is 71.3 cm³/mol. The van der Waals surface area contributed by atoms with Crippen LogP contribution in [0.4, 0.5) is 0 Å². The molecule has 0 radical (unpaired) electrons. The molecule has 3 aliphatic heterocycles. The molecule has 3 aliphatic rings. The largest absolute Gasteiger partial charge is 0.493 e. The molecule has 19 heavy (non-hydrogen) atoms. The van der Waals surface area contributed by atoms with E-state index >= 15 is 0 Å². The quantitative estimate of drug-likeness (QED) is 0.832. The second-order valence-electron chi connectivity index (χ2n) is 5.24. The van der Waals surface area contributed by atoms with E-state index in [0.29, 0.717) is 23.0 Å². The number of para-hydroxylation sites is 1. The summed E-state index contributed by atoms with van der Waals surface area (Å²) in [4.78, 5) is 2.44. The molecule has 4 rings (SSSR count). The van der Waals surface area contributed by atoms with Gasteiger partial charge in [0, 0.05) is 6.54 Å². The predicted octanol–water partition coefficient (Wildman–Crippen LogP) is 2.04. The second-order valence-corrected chi connectivity index (χ2v) is 5.24. The normalized spacial score (nSPS) is 28.7. The first kappa shape index (κ1) is 12.3. The van der Waals surface area contributed by atoms with Gasteiger partial charge in [0.1, 0.15) is 12.2 Å². The number of ether oxygens (including phenoxy) is 2. The van der Waals surface area contributed by atoms with Gasteiger partial charge in [-0.05, 0) is 44.0 Å². The van der Waals surface area contributed by atoms with Gasteiger partial charge >= 0.3 is 0 Å². The van der Waals surface area contributed by atoms with Gasteiger partial charge in [-0.25, -0.2) is 0 Å². The molecular weight excluding hydrogens is 240 g/mol. The summed E-state index contributed by atoms with van der Waals surface area (Å²) in [5, 5.41) is 9.20. The minimum absolute atomic E-state index is 0.186. The lowest BCUT2D eigenvalue weighted by atomic mass is 9.86. The van der Waals surface area contributed by atoms with Gasteiger partial charge in [-0.15, -0.1) is 0 Å². The highest BCUT2D eigenvalue weighted by atomic mass is 16.5. The smallest absolute Gasteiger partial charge is 0.179 e. The van der Waals surface area contributed by atoms with Crippen LogP contribution >= 0.6 is 0 Å². The lowest BCUT2D eigenvalue weighted by Crippen LogP contribution is -2.52. The Bertz CT molecular complexity index is 501. The van der Waals surface area contributed by atoms with E-state index in [0.717, 1.165) is 6.54 Å². The summed E-state index contributed by atoms with van der Waals surface area (Å²) in [6, 6.07) is 7.63. The molecule has 100 valence electrons. The molecular formula is C15H18N2O2. The van der Waals surface area contributed by atoms with Crippen molar-refractivity contribution in [2.24, 2.45) is 5.92 Å². The van der Waals surface area contributed by atoms with Crippen LogP contribution in [0.15, 0.2) is 18.2 Å². The molecule has 3 heterocycles. The molecule has 0 N–H and O–H groups in total. The molecule has 0 aliphatic carbocycles. The van der Waals surface area contributed by atoms with Gasteiger partial charge in [-0.2, -0.15) is 5.26 Å². The number of hydrogen-bond acceptors (Lipinski definition) is 4. The minimum Gasteiger partial charge on any atom is -0.493 e. The molecule has 0 amide bonds. The Kier molecular flexibility index (Phi) is 3.31. The van der Waals surface area contributed by atoms with Crippen LogP contribution in [0.2, 0.25) is 0 Å². The number of methoxy groups -OCH3 is 1. The average Bonchev–Trinajstić information content (AvgIpc) is 2.48. The Morgan fingerprint density at radius 3 is 2.68 bits per heavy atom. The fraction of sp³-hybridized carbons (Fsp3) is 0.533. The molecule has 1 aromatic rings. The zero-order valence-corrected chi connectivity index (χ0v) is 11.1. The Morgan fingerprint density at radius 2 is 2.11 bits per heavy atom. The van der Waals surface area contributed by atoms with Crippen molar-refractivity contribution in [2.75, 3.05) is 26.7 Å². The average molecular weight is 258 g/mol. The van der Waals surface area contributed by atoms with Crippen LogP contribution in [-0.2, 0) is 0 Å². The maximum atomic E-state index is 9.20. The van der Waals surface area contributed by atoms with Crippen LogP contribution in [0, 0.1) is 17.2 Å². The van der Waals surface area contributed by atoms with Gasteiger partial charge in [-0.3, -0.25) is 4.90 Å². The van der Waals surface area contributed by atoms with Crippen molar-refractivity contribution in [1.29, 1.82) is 5.26 Å². The summed E-state index contributed by atoms with van der Waals surface area (Å²) < 4.78 is 11.5. The van der Waals surface area contributed by atoms with Crippen molar-refractivity contribution < 1.29 is 9.47 Å². The fourth-order valence-corrected chi connectivity index (χ4v) is 3.08. The van der Waals surface area contributed by atoms with Gasteiger partial charge < -0.3 is 9.47 Å². The minimum atomic E-state index is 0.186. The molecule has 1 aromatic carbocycles. The number of nitriles is 1. The molecule has 3 fully saturated rings. The van der Waals surface area contributed by atoms with Crippen molar-refractivity contribution in [3.05, 3.63) is 23.8 Å². The van der Waals surface area contributed by atoms with E-state index in [2.05, 4.69) is 11.0 Å². The van der Waals surface area contributed by atoms with Crippen molar-refractivity contribution in [3.63, 3.8) is 0 Å². The van der Waals surface area contributed by atoms with Gasteiger partial charge in [-0.1, -0.05) is 6.07 Å². The number of nitrogens with zero attached hydrogens (tertiary/aromatic N) is 2. The van der Waals surface area contributed by atoms with Crippen LogP contribution in [0.1, 0.15) is 18.4 Å². The Hall–Kier alpha value is -1.73. The number of benzene rings is 1. The standard InChI is InChI=1S/C15H18N2O2/c1-18-13-4-2-3-12(9-16)15(13)19-14-10-17-7-5-11(14)6-8-17/h2-4,11,14H,5-8,10H2,1H3. The van der Waals surface area contributed by atoms with Crippen LogP contribution in [0.3, 0.4) is 0 Å². The first-order valence-corrected chi connectivity index (χ1v) is 6.78.